The molecule has 0 spiro atoms. The van der Waals surface area contributed by atoms with Gasteiger partial charge in [-0.15, -0.1) is 0 Å². The van der Waals surface area contributed by atoms with Crippen LogP contribution in [0.2, 0.25) is 0 Å². The fourth-order valence-electron chi connectivity index (χ4n) is 1.71. The number of benzene rings is 1. The van der Waals surface area contributed by atoms with Crippen LogP contribution in [0.3, 0.4) is 0 Å². The van der Waals surface area contributed by atoms with Gasteiger partial charge in [0, 0.05) is 11.6 Å². The van der Waals surface area contributed by atoms with Gasteiger partial charge in [-0.3, -0.25) is 19.7 Å². The van der Waals surface area contributed by atoms with E-state index in [2.05, 4.69) is 5.32 Å². The first-order valence-corrected chi connectivity index (χ1v) is 6.03. The SMILES string of the molecule is Cc1cccc(C(=O)NC(C)C(C)C(=O)O)c1[N+](=O)[O-]. The summed E-state index contributed by atoms with van der Waals surface area (Å²) in [4.78, 5) is 33.3. The molecule has 7 nitrogen and oxygen atoms in total. The number of carbonyl (C=O) groups is 2. The Bertz CT molecular complexity index is 556. The van der Waals surface area contributed by atoms with Gasteiger partial charge in [0.1, 0.15) is 5.56 Å². The van der Waals surface area contributed by atoms with Crippen LogP contribution in [0.4, 0.5) is 5.69 Å². The molecule has 0 saturated heterocycles. The number of amides is 1. The average molecular weight is 280 g/mol. The molecule has 0 radical (unpaired) electrons. The minimum Gasteiger partial charge on any atom is -0.481 e. The summed E-state index contributed by atoms with van der Waals surface area (Å²) >= 11 is 0. The van der Waals surface area contributed by atoms with Crippen molar-refractivity contribution >= 4 is 17.6 Å². The second-order valence-electron chi connectivity index (χ2n) is 4.62. The Labute approximate surface area is 115 Å². The highest BCUT2D eigenvalue weighted by molar-refractivity contribution is 5.99. The van der Waals surface area contributed by atoms with Crippen LogP contribution < -0.4 is 5.32 Å². The Morgan fingerprint density at radius 3 is 2.45 bits per heavy atom. The van der Waals surface area contributed by atoms with E-state index < -0.39 is 28.8 Å². The summed E-state index contributed by atoms with van der Waals surface area (Å²) in [6, 6.07) is 3.79. The highest BCUT2D eigenvalue weighted by Gasteiger charge is 2.26. The maximum Gasteiger partial charge on any atom is 0.308 e. The van der Waals surface area contributed by atoms with E-state index in [0.29, 0.717) is 5.56 Å². The van der Waals surface area contributed by atoms with Crippen LogP contribution in [0, 0.1) is 23.0 Å². The summed E-state index contributed by atoms with van der Waals surface area (Å²) in [6.45, 7) is 4.54. The van der Waals surface area contributed by atoms with Crippen molar-refractivity contribution in [1.82, 2.24) is 5.32 Å². The molecule has 2 N–H and O–H groups in total. The molecule has 0 fully saturated rings. The summed E-state index contributed by atoms with van der Waals surface area (Å²) in [7, 11) is 0. The molecule has 20 heavy (non-hydrogen) atoms. The Balaban J connectivity index is 3.02. The Kier molecular flexibility index (Phi) is 4.79. The normalized spacial score (nSPS) is 13.3. The third-order valence-electron chi connectivity index (χ3n) is 3.16. The zero-order valence-electron chi connectivity index (χ0n) is 11.4. The molecular formula is C13H16N2O5. The average Bonchev–Trinajstić information content (AvgIpc) is 2.36. The van der Waals surface area contributed by atoms with Crippen molar-refractivity contribution < 1.29 is 19.6 Å². The molecule has 2 atom stereocenters. The van der Waals surface area contributed by atoms with E-state index in [1.165, 1.54) is 32.9 Å². The molecule has 2 unspecified atom stereocenters. The first-order valence-electron chi connectivity index (χ1n) is 6.03. The number of carboxylic acids is 1. The van der Waals surface area contributed by atoms with Gasteiger partial charge < -0.3 is 10.4 Å². The fourth-order valence-corrected chi connectivity index (χ4v) is 1.71. The van der Waals surface area contributed by atoms with E-state index in [-0.39, 0.29) is 11.3 Å². The monoisotopic (exact) mass is 280 g/mol. The highest BCUT2D eigenvalue weighted by Crippen LogP contribution is 2.23. The summed E-state index contributed by atoms with van der Waals surface area (Å²) < 4.78 is 0. The highest BCUT2D eigenvalue weighted by atomic mass is 16.6. The van der Waals surface area contributed by atoms with Crippen LogP contribution in [-0.4, -0.2) is 27.9 Å². The number of nitrogens with one attached hydrogen (secondary N) is 1. The van der Waals surface area contributed by atoms with Crippen molar-refractivity contribution in [2.75, 3.05) is 0 Å². The fraction of sp³-hybridized carbons (Fsp3) is 0.385. The molecule has 1 aromatic rings. The number of nitro benzene ring substituents is 1. The zero-order valence-corrected chi connectivity index (χ0v) is 11.4. The lowest BCUT2D eigenvalue weighted by Gasteiger charge is -2.17. The van der Waals surface area contributed by atoms with Gasteiger partial charge in [-0.05, 0) is 26.8 Å². The van der Waals surface area contributed by atoms with Gasteiger partial charge in [-0.25, -0.2) is 0 Å². The molecule has 0 heterocycles. The van der Waals surface area contributed by atoms with E-state index in [1.807, 2.05) is 0 Å². The van der Waals surface area contributed by atoms with Crippen LogP contribution in [-0.2, 0) is 4.79 Å². The summed E-state index contributed by atoms with van der Waals surface area (Å²) in [5.74, 6) is -2.49. The third-order valence-corrected chi connectivity index (χ3v) is 3.16. The molecule has 0 saturated carbocycles. The van der Waals surface area contributed by atoms with Crippen molar-refractivity contribution in [1.29, 1.82) is 0 Å². The van der Waals surface area contributed by atoms with Crippen LogP contribution in [0.5, 0.6) is 0 Å². The number of nitrogens with zero attached hydrogens (tertiary/aromatic N) is 1. The number of carbonyl (C=O) groups excluding carboxylic acids is 1. The first kappa shape index (κ1) is 15.6. The lowest BCUT2D eigenvalue weighted by molar-refractivity contribution is -0.385. The molecule has 0 bridgehead atoms. The number of para-hydroxylation sites is 1. The van der Waals surface area contributed by atoms with Gasteiger partial charge in [-0.1, -0.05) is 12.1 Å². The van der Waals surface area contributed by atoms with Gasteiger partial charge in [0.05, 0.1) is 10.8 Å². The molecule has 0 aromatic heterocycles. The van der Waals surface area contributed by atoms with E-state index >= 15 is 0 Å². The number of aryl methyl sites for hydroxylation is 1. The van der Waals surface area contributed by atoms with Gasteiger partial charge in [0.15, 0.2) is 0 Å². The summed E-state index contributed by atoms with van der Waals surface area (Å²) in [6.07, 6.45) is 0. The largest absolute Gasteiger partial charge is 0.481 e. The Morgan fingerprint density at radius 2 is 1.95 bits per heavy atom. The smallest absolute Gasteiger partial charge is 0.308 e. The second kappa shape index (κ2) is 6.14. The van der Waals surface area contributed by atoms with Gasteiger partial charge >= 0.3 is 5.97 Å². The Morgan fingerprint density at radius 1 is 1.35 bits per heavy atom. The van der Waals surface area contributed by atoms with E-state index in [1.54, 1.807) is 6.07 Å². The minimum absolute atomic E-state index is 0.0700. The summed E-state index contributed by atoms with van der Waals surface area (Å²) in [5, 5.41) is 22.3. The lowest BCUT2D eigenvalue weighted by atomic mass is 10.0. The number of carboxylic acid groups (broad SMARTS) is 1. The quantitative estimate of drug-likeness (QED) is 0.630. The van der Waals surface area contributed by atoms with E-state index in [0.717, 1.165) is 0 Å². The number of nitro groups is 1. The molecule has 108 valence electrons. The molecular weight excluding hydrogens is 264 g/mol. The topological polar surface area (TPSA) is 110 Å². The maximum atomic E-state index is 12.1. The van der Waals surface area contributed by atoms with Crippen molar-refractivity contribution in [3.05, 3.63) is 39.4 Å². The van der Waals surface area contributed by atoms with Crippen LogP contribution in [0.15, 0.2) is 18.2 Å². The predicted molar refractivity (Wildman–Crippen MR) is 71.6 cm³/mol. The molecule has 1 rings (SSSR count). The van der Waals surface area contributed by atoms with Crippen molar-refractivity contribution in [2.45, 2.75) is 26.8 Å². The molecule has 1 aromatic carbocycles. The van der Waals surface area contributed by atoms with Crippen LogP contribution in [0.25, 0.3) is 0 Å². The predicted octanol–water partition coefficient (Wildman–Crippen LogP) is 1.74. The molecule has 0 aliphatic carbocycles. The molecule has 0 aliphatic heterocycles. The first-order chi connectivity index (χ1) is 9.25. The van der Waals surface area contributed by atoms with Gasteiger partial charge in [-0.2, -0.15) is 0 Å². The number of rotatable bonds is 5. The molecule has 0 aliphatic rings. The lowest BCUT2D eigenvalue weighted by Crippen LogP contribution is -2.40. The maximum absolute atomic E-state index is 12.1. The van der Waals surface area contributed by atoms with Gasteiger partial charge in [0.2, 0.25) is 0 Å². The van der Waals surface area contributed by atoms with E-state index in [4.69, 9.17) is 5.11 Å². The summed E-state index contributed by atoms with van der Waals surface area (Å²) in [5.41, 5.74) is 0.0428. The number of aliphatic carboxylic acids is 1. The van der Waals surface area contributed by atoms with Crippen molar-refractivity contribution in [3.8, 4) is 0 Å². The second-order valence-corrected chi connectivity index (χ2v) is 4.62. The van der Waals surface area contributed by atoms with Gasteiger partial charge in [0.25, 0.3) is 11.6 Å². The van der Waals surface area contributed by atoms with Crippen LogP contribution >= 0.6 is 0 Å². The van der Waals surface area contributed by atoms with E-state index in [9.17, 15) is 19.7 Å². The molecule has 7 heteroatoms. The third kappa shape index (κ3) is 3.31. The molecule has 1 amide bonds. The zero-order chi connectivity index (χ0) is 15.4. The standard InChI is InChI=1S/C13H16N2O5/c1-7-5-4-6-10(11(7)15(19)20)12(16)14-9(3)8(2)13(17)18/h4-6,8-9H,1-3H3,(H,14,16)(H,17,18). The number of hydrogen-bond donors (Lipinski definition) is 2. The Hall–Kier alpha value is -2.44. The van der Waals surface area contributed by atoms with Crippen molar-refractivity contribution in [3.63, 3.8) is 0 Å². The number of hydrogen-bond acceptors (Lipinski definition) is 4. The minimum atomic E-state index is -1.04. The van der Waals surface area contributed by atoms with Crippen LogP contribution in [0.1, 0.15) is 29.8 Å². The van der Waals surface area contributed by atoms with Crippen molar-refractivity contribution in [2.24, 2.45) is 5.92 Å².